The van der Waals surface area contributed by atoms with Gasteiger partial charge in [0.15, 0.2) is 0 Å². The molecule has 0 saturated carbocycles. The first-order valence-corrected chi connectivity index (χ1v) is 8.30. The lowest BCUT2D eigenvalue weighted by atomic mass is 9.95. The quantitative estimate of drug-likeness (QED) is 0.184. The first-order valence-electron chi connectivity index (χ1n) is 8.30. The lowest BCUT2D eigenvalue weighted by molar-refractivity contribution is 0.312. The molecule has 1 atom stereocenters. The van der Waals surface area contributed by atoms with Gasteiger partial charge in [-0.2, -0.15) is 0 Å². The van der Waals surface area contributed by atoms with E-state index in [1.54, 1.807) is 13.8 Å². The second-order valence-corrected chi connectivity index (χ2v) is 6.06. The number of nitrogens with zero attached hydrogens (tertiary/aromatic N) is 4. The molecule has 0 spiro atoms. The predicted molar refractivity (Wildman–Crippen MR) is 94.3 cm³/mol. The molecule has 0 aromatic heterocycles. The van der Waals surface area contributed by atoms with Crippen molar-refractivity contribution in [2.24, 2.45) is 26.5 Å². The summed E-state index contributed by atoms with van der Waals surface area (Å²) in [5, 5.41) is 47.4. The van der Waals surface area contributed by atoms with E-state index >= 15 is 0 Å². The average molecular weight is 342 g/mol. The van der Waals surface area contributed by atoms with E-state index in [1.807, 2.05) is 0 Å². The van der Waals surface area contributed by atoms with Crippen LogP contribution in [-0.2, 0) is 0 Å². The molecule has 0 aromatic carbocycles. The van der Waals surface area contributed by atoms with E-state index in [0.717, 1.165) is 38.5 Å². The maximum absolute atomic E-state index is 8.85. The zero-order chi connectivity index (χ0) is 18.4. The van der Waals surface area contributed by atoms with Gasteiger partial charge in [-0.05, 0) is 45.4 Å². The number of hydrogen-bond donors (Lipinski definition) is 4. The minimum Gasteiger partial charge on any atom is -0.411 e. The second-order valence-electron chi connectivity index (χ2n) is 6.06. The molecule has 4 N–H and O–H groups in total. The van der Waals surface area contributed by atoms with Gasteiger partial charge in [-0.3, -0.25) is 0 Å². The first-order chi connectivity index (χ1) is 11.5. The molecular formula is C16H30N4O4. The molecule has 8 heteroatoms. The Labute approximate surface area is 143 Å². The van der Waals surface area contributed by atoms with Gasteiger partial charge in [0.2, 0.25) is 0 Å². The van der Waals surface area contributed by atoms with Gasteiger partial charge in [0, 0.05) is 0 Å². The molecule has 0 heterocycles. The van der Waals surface area contributed by atoms with Gasteiger partial charge in [0.05, 0.1) is 0 Å². The fraction of sp³-hybridized carbons (Fsp3) is 0.750. The van der Waals surface area contributed by atoms with Crippen molar-refractivity contribution in [3.8, 4) is 0 Å². The molecule has 24 heavy (non-hydrogen) atoms. The lowest BCUT2D eigenvalue weighted by Gasteiger charge is -2.11. The van der Waals surface area contributed by atoms with Crippen LogP contribution >= 0.6 is 0 Å². The molecule has 0 fully saturated rings. The Morgan fingerprint density at radius 2 is 1.04 bits per heavy atom. The van der Waals surface area contributed by atoms with Crippen molar-refractivity contribution in [3.05, 3.63) is 0 Å². The molecule has 138 valence electrons. The summed E-state index contributed by atoms with van der Waals surface area (Å²) in [6.07, 6.45) is 7.12. The molecule has 0 radical (unpaired) electrons. The predicted octanol–water partition coefficient (Wildman–Crippen LogP) is 4.10. The highest BCUT2D eigenvalue weighted by Gasteiger charge is 2.08. The third kappa shape index (κ3) is 9.12. The largest absolute Gasteiger partial charge is 0.411 e. The van der Waals surface area contributed by atoms with Crippen molar-refractivity contribution in [3.63, 3.8) is 0 Å². The van der Waals surface area contributed by atoms with Crippen molar-refractivity contribution in [1.82, 2.24) is 0 Å². The van der Waals surface area contributed by atoms with E-state index in [9.17, 15) is 0 Å². The Bertz CT molecular complexity index is 431. The van der Waals surface area contributed by atoms with Gasteiger partial charge in [-0.1, -0.05) is 53.2 Å². The number of oxime groups is 4. The van der Waals surface area contributed by atoms with Gasteiger partial charge in [-0.15, -0.1) is 0 Å². The monoisotopic (exact) mass is 342 g/mol. The highest BCUT2D eigenvalue weighted by atomic mass is 16.4. The summed E-state index contributed by atoms with van der Waals surface area (Å²) in [5.41, 5.74) is 1.52. The van der Waals surface area contributed by atoms with Crippen LogP contribution in [0.5, 0.6) is 0 Å². The van der Waals surface area contributed by atoms with Gasteiger partial charge in [0.25, 0.3) is 0 Å². The molecular weight excluding hydrogens is 312 g/mol. The molecule has 0 bridgehead atoms. The summed E-state index contributed by atoms with van der Waals surface area (Å²) < 4.78 is 0. The highest BCUT2D eigenvalue weighted by Crippen LogP contribution is 2.17. The standard InChI is InChI=1S/C16H30N4O4/c1-12(8-4-6-10-15(19-23)13(2)17-21)9-5-7-11-16(20-24)14(3)18-22/h12,21-24H,4-11H2,1-3H3/b17-13?,18-14?,19-15-,20-16+. The topological polar surface area (TPSA) is 130 Å². The Morgan fingerprint density at radius 3 is 1.33 bits per heavy atom. The highest BCUT2D eigenvalue weighted by molar-refractivity contribution is 6.41. The first kappa shape index (κ1) is 21.9. The number of rotatable bonds is 12. The average Bonchev–Trinajstić information content (AvgIpc) is 2.60. The molecule has 0 aliphatic carbocycles. The van der Waals surface area contributed by atoms with Crippen molar-refractivity contribution < 1.29 is 20.8 Å². The van der Waals surface area contributed by atoms with E-state index in [2.05, 4.69) is 27.5 Å². The van der Waals surface area contributed by atoms with Crippen molar-refractivity contribution in [2.45, 2.75) is 72.1 Å². The minimum absolute atomic E-state index is 0.341. The molecule has 0 saturated heterocycles. The number of unbranched alkanes of at least 4 members (excludes halogenated alkanes) is 2. The summed E-state index contributed by atoms with van der Waals surface area (Å²) in [5.74, 6) is 0.578. The summed E-state index contributed by atoms with van der Waals surface area (Å²) in [6.45, 7) is 5.40. The maximum atomic E-state index is 8.85. The Balaban J connectivity index is 3.87. The van der Waals surface area contributed by atoms with Crippen LogP contribution in [0, 0.1) is 5.92 Å². The van der Waals surface area contributed by atoms with Crippen molar-refractivity contribution >= 4 is 22.8 Å². The van der Waals surface area contributed by atoms with E-state index < -0.39 is 0 Å². The third-order valence-corrected chi connectivity index (χ3v) is 4.10. The van der Waals surface area contributed by atoms with E-state index in [-0.39, 0.29) is 0 Å². The molecule has 1 unspecified atom stereocenters. The van der Waals surface area contributed by atoms with Crippen LogP contribution in [0.1, 0.15) is 72.1 Å². The number of hydrogen-bond acceptors (Lipinski definition) is 8. The third-order valence-electron chi connectivity index (χ3n) is 4.10. The van der Waals surface area contributed by atoms with Crippen molar-refractivity contribution in [1.29, 1.82) is 0 Å². The molecule has 0 aliphatic rings. The van der Waals surface area contributed by atoms with E-state index in [0.29, 0.717) is 41.6 Å². The fourth-order valence-corrected chi connectivity index (χ4v) is 2.44. The molecule has 0 rings (SSSR count). The van der Waals surface area contributed by atoms with Crippen LogP contribution in [-0.4, -0.2) is 43.7 Å². The summed E-state index contributed by atoms with van der Waals surface area (Å²) in [6, 6.07) is 0. The SMILES string of the molecule is CC(=NO)/C(CCCCC(C)CCCC/C(=N\O)C(C)=NO)=N\O. The van der Waals surface area contributed by atoms with E-state index in [1.165, 1.54) is 0 Å². The van der Waals surface area contributed by atoms with Gasteiger partial charge in [-0.25, -0.2) is 0 Å². The second kappa shape index (κ2) is 13.3. The van der Waals surface area contributed by atoms with Crippen LogP contribution in [0.3, 0.4) is 0 Å². The Hall–Kier alpha value is -2.12. The smallest absolute Gasteiger partial charge is 0.104 e. The van der Waals surface area contributed by atoms with Crippen LogP contribution in [0.4, 0.5) is 0 Å². The van der Waals surface area contributed by atoms with Gasteiger partial charge in [0.1, 0.15) is 22.8 Å². The minimum atomic E-state index is 0.341. The van der Waals surface area contributed by atoms with Crippen LogP contribution in [0.25, 0.3) is 0 Å². The zero-order valence-electron chi connectivity index (χ0n) is 14.8. The van der Waals surface area contributed by atoms with Crippen LogP contribution in [0.15, 0.2) is 20.6 Å². The summed E-state index contributed by atoms with van der Waals surface area (Å²) >= 11 is 0. The molecule has 0 amide bonds. The van der Waals surface area contributed by atoms with Gasteiger partial charge >= 0.3 is 0 Å². The Kier molecular flexibility index (Phi) is 12.2. The Morgan fingerprint density at radius 1 is 0.667 bits per heavy atom. The summed E-state index contributed by atoms with van der Waals surface area (Å²) in [7, 11) is 0. The fourth-order valence-electron chi connectivity index (χ4n) is 2.44. The van der Waals surface area contributed by atoms with Gasteiger partial charge < -0.3 is 20.8 Å². The van der Waals surface area contributed by atoms with Crippen molar-refractivity contribution in [2.75, 3.05) is 0 Å². The van der Waals surface area contributed by atoms with Crippen LogP contribution in [0.2, 0.25) is 0 Å². The molecule has 0 aromatic rings. The lowest BCUT2D eigenvalue weighted by Crippen LogP contribution is -2.11. The van der Waals surface area contributed by atoms with E-state index in [4.69, 9.17) is 20.8 Å². The molecule has 8 nitrogen and oxygen atoms in total. The zero-order valence-corrected chi connectivity index (χ0v) is 14.8. The normalized spacial score (nSPS) is 15.6. The summed E-state index contributed by atoms with van der Waals surface area (Å²) in [4.78, 5) is 0. The maximum Gasteiger partial charge on any atom is 0.104 e. The van der Waals surface area contributed by atoms with Crippen LogP contribution < -0.4 is 0 Å². The molecule has 0 aliphatic heterocycles.